The minimum Gasteiger partial charge on any atom is -0.390 e. The third-order valence-electron chi connectivity index (χ3n) is 4.24. The van der Waals surface area contributed by atoms with Crippen LogP contribution in [0.4, 0.5) is 0 Å². The zero-order valence-corrected chi connectivity index (χ0v) is 12.9. The molecule has 0 bridgehead atoms. The summed E-state index contributed by atoms with van der Waals surface area (Å²) in [6.07, 6.45) is 5.20. The fourth-order valence-electron chi connectivity index (χ4n) is 2.81. The van der Waals surface area contributed by atoms with Crippen LogP contribution in [0.3, 0.4) is 0 Å². The highest BCUT2D eigenvalue weighted by molar-refractivity contribution is 4.86. The summed E-state index contributed by atoms with van der Waals surface area (Å²) in [6, 6.07) is 0. The average molecular weight is 256 g/mol. The molecule has 0 saturated heterocycles. The summed E-state index contributed by atoms with van der Waals surface area (Å²) in [7, 11) is 0. The van der Waals surface area contributed by atoms with Crippen molar-refractivity contribution in [1.29, 1.82) is 0 Å². The molecule has 1 aliphatic carbocycles. The highest BCUT2D eigenvalue weighted by Crippen LogP contribution is 2.38. The molecular formula is C16H32O2. The van der Waals surface area contributed by atoms with Crippen LogP contribution in [-0.4, -0.2) is 23.9 Å². The Morgan fingerprint density at radius 3 is 2.44 bits per heavy atom. The third-order valence-corrected chi connectivity index (χ3v) is 4.24. The summed E-state index contributed by atoms with van der Waals surface area (Å²) >= 11 is 0. The summed E-state index contributed by atoms with van der Waals surface area (Å²) in [5.74, 6) is 1.42. The van der Waals surface area contributed by atoms with Crippen molar-refractivity contribution >= 4 is 0 Å². The second-order valence-corrected chi connectivity index (χ2v) is 7.39. The lowest BCUT2D eigenvalue weighted by molar-refractivity contribution is -0.0847. The number of ether oxygens (including phenoxy) is 1. The standard InChI is InChI=1S/C16H32O2/c1-12(2)7-6-10-18-15-11-13(16(3,4)5)8-9-14(15)17/h12-15,17H,6-11H2,1-5H3. The van der Waals surface area contributed by atoms with Gasteiger partial charge in [-0.05, 0) is 49.4 Å². The maximum absolute atomic E-state index is 10.0. The van der Waals surface area contributed by atoms with E-state index in [0.717, 1.165) is 38.2 Å². The molecule has 0 radical (unpaired) electrons. The van der Waals surface area contributed by atoms with Crippen LogP contribution in [0.2, 0.25) is 0 Å². The Hall–Kier alpha value is -0.0800. The normalized spacial score (nSPS) is 29.8. The molecule has 1 saturated carbocycles. The SMILES string of the molecule is CC(C)CCCOC1CC(C(C)(C)C)CCC1O. The van der Waals surface area contributed by atoms with Gasteiger partial charge in [-0.1, -0.05) is 34.6 Å². The van der Waals surface area contributed by atoms with Crippen molar-refractivity contribution in [1.82, 2.24) is 0 Å². The van der Waals surface area contributed by atoms with E-state index in [-0.39, 0.29) is 12.2 Å². The first-order valence-corrected chi connectivity index (χ1v) is 7.60. The Morgan fingerprint density at radius 1 is 1.22 bits per heavy atom. The summed E-state index contributed by atoms with van der Waals surface area (Å²) in [4.78, 5) is 0. The summed E-state index contributed by atoms with van der Waals surface area (Å²) < 4.78 is 5.92. The number of rotatable bonds is 5. The number of aliphatic hydroxyl groups excluding tert-OH is 1. The van der Waals surface area contributed by atoms with Gasteiger partial charge in [0.15, 0.2) is 0 Å². The second kappa shape index (κ2) is 6.91. The monoisotopic (exact) mass is 256 g/mol. The van der Waals surface area contributed by atoms with E-state index in [0.29, 0.717) is 11.3 Å². The quantitative estimate of drug-likeness (QED) is 0.753. The summed E-state index contributed by atoms with van der Waals surface area (Å²) in [5, 5.41) is 10.0. The van der Waals surface area contributed by atoms with E-state index in [9.17, 15) is 5.11 Å². The van der Waals surface area contributed by atoms with Crippen molar-refractivity contribution in [2.75, 3.05) is 6.61 Å². The van der Waals surface area contributed by atoms with Gasteiger partial charge in [0.2, 0.25) is 0 Å². The van der Waals surface area contributed by atoms with Gasteiger partial charge in [-0.3, -0.25) is 0 Å². The van der Waals surface area contributed by atoms with E-state index < -0.39 is 0 Å². The first-order chi connectivity index (χ1) is 8.30. The third kappa shape index (κ3) is 5.27. The lowest BCUT2D eigenvalue weighted by atomic mass is 9.71. The van der Waals surface area contributed by atoms with E-state index in [1.807, 2.05) is 0 Å². The van der Waals surface area contributed by atoms with Crippen LogP contribution < -0.4 is 0 Å². The van der Waals surface area contributed by atoms with Gasteiger partial charge in [0.1, 0.15) is 0 Å². The molecular weight excluding hydrogens is 224 g/mol. The van der Waals surface area contributed by atoms with Gasteiger partial charge in [-0.2, -0.15) is 0 Å². The molecule has 0 aromatic rings. The van der Waals surface area contributed by atoms with Crippen LogP contribution in [0.5, 0.6) is 0 Å². The molecule has 108 valence electrons. The van der Waals surface area contributed by atoms with Gasteiger partial charge in [-0.25, -0.2) is 0 Å². The predicted molar refractivity (Wildman–Crippen MR) is 76.6 cm³/mol. The summed E-state index contributed by atoms with van der Waals surface area (Å²) in [5.41, 5.74) is 0.333. The maximum Gasteiger partial charge on any atom is 0.0836 e. The Labute approximate surface area is 113 Å². The highest BCUT2D eigenvalue weighted by atomic mass is 16.5. The van der Waals surface area contributed by atoms with Gasteiger partial charge >= 0.3 is 0 Å². The molecule has 3 unspecified atom stereocenters. The molecule has 18 heavy (non-hydrogen) atoms. The largest absolute Gasteiger partial charge is 0.390 e. The Kier molecular flexibility index (Phi) is 6.13. The number of aliphatic hydroxyl groups is 1. The molecule has 1 N–H and O–H groups in total. The Morgan fingerprint density at radius 2 is 1.89 bits per heavy atom. The van der Waals surface area contributed by atoms with Gasteiger partial charge in [0.25, 0.3) is 0 Å². The van der Waals surface area contributed by atoms with Crippen molar-refractivity contribution in [3.8, 4) is 0 Å². The molecule has 0 aliphatic heterocycles. The van der Waals surface area contributed by atoms with Gasteiger partial charge in [0, 0.05) is 6.61 Å². The van der Waals surface area contributed by atoms with Crippen molar-refractivity contribution in [2.45, 2.75) is 78.9 Å². The first kappa shape index (κ1) is 16.0. The molecule has 0 aromatic heterocycles. The second-order valence-electron chi connectivity index (χ2n) is 7.39. The van der Waals surface area contributed by atoms with E-state index in [1.165, 1.54) is 6.42 Å². The van der Waals surface area contributed by atoms with Crippen molar-refractivity contribution in [2.24, 2.45) is 17.3 Å². The van der Waals surface area contributed by atoms with E-state index >= 15 is 0 Å². The van der Waals surface area contributed by atoms with Crippen LogP contribution >= 0.6 is 0 Å². The molecule has 0 heterocycles. The lowest BCUT2D eigenvalue weighted by Crippen LogP contribution is -2.40. The lowest BCUT2D eigenvalue weighted by Gasteiger charge is -2.39. The van der Waals surface area contributed by atoms with Crippen LogP contribution in [0.15, 0.2) is 0 Å². The Balaban J connectivity index is 2.34. The van der Waals surface area contributed by atoms with Crippen LogP contribution in [0.25, 0.3) is 0 Å². The minimum absolute atomic E-state index is 0.0649. The first-order valence-electron chi connectivity index (χ1n) is 7.60. The topological polar surface area (TPSA) is 29.5 Å². The highest BCUT2D eigenvalue weighted by Gasteiger charge is 2.35. The smallest absolute Gasteiger partial charge is 0.0836 e. The zero-order valence-electron chi connectivity index (χ0n) is 12.9. The molecule has 1 fully saturated rings. The fraction of sp³-hybridized carbons (Fsp3) is 1.00. The van der Waals surface area contributed by atoms with Crippen molar-refractivity contribution in [3.63, 3.8) is 0 Å². The van der Waals surface area contributed by atoms with E-state index in [4.69, 9.17) is 4.74 Å². The number of hydrogen-bond acceptors (Lipinski definition) is 2. The van der Waals surface area contributed by atoms with E-state index in [1.54, 1.807) is 0 Å². The Bertz CT molecular complexity index is 230. The molecule has 0 spiro atoms. The van der Waals surface area contributed by atoms with E-state index in [2.05, 4.69) is 34.6 Å². The molecule has 1 rings (SSSR count). The molecule has 0 aromatic carbocycles. The van der Waals surface area contributed by atoms with Gasteiger partial charge in [0.05, 0.1) is 12.2 Å². The van der Waals surface area contributed by atoms with Crippen LogP contribution in [-0.2, 0) is 4.74 Å². The fourth-order valence-corrected chi connectivity index (χ4v) is 2.81. The molecule has 2 nitrogen and oxygen atoms in total. The van der Waals surface area contributed by atoms with Gasteiger partial charge < -0.3 is 9.84 Å². The van der Waals surface area contributed by atoms with Crippen molar-refractivity contribution < 1.29 is 9.84 Å². The predicted octanol–water partition coefficient (Wildman–Crippen LogP) is 4.01. The van der Waals surface area contributed by atoms with Crippen molar-refractivity contribution in [3.05, 3.63) is 0 Å². The maximum atomic E-state index is 10.0. The molecule has 1 aliphatic rings. The molecule has 0 amide bonds. The van der Waals surface area contributed by atoms with Crippen LogP contribution in [0.1, 0.15) is 66.7 Å². The number of hydrogen-bond donors (Lipinski definition) is 1. The van der Waals surface area contributed by atoms with Gasteiger partial charge in [-0.15, -0.1) is 0 Å². The molecule has 2 heteroatoms. The summed E-state index contributed by atoms with van der Waals surface area (Å²) in [6.45, 7) is 12.2. The zero-order chi connectivity index (χ0) is 13.8. The average Bonchev–Trinajstić information content (AvgIpc) is 2.24. The molecule has 3 atom stereocenters. The van der Waals surface area contributed by atoms with Crippen LogP contribution in [0, 0.1) is 17.3 Å². The minimum atomic E-state index is -0.248.